The molecule has 2 aliphatic rings. The third-order valence-corrected chi connectivity index (χ3v) is 7.48. The lowest BCUT2D eigenvalue weighted by molar-refractivity contribution is -0.122. The number of ether oxygens (including phenoxy) is 3. The molecule has 216 valence electrons. The number of anilines is 1. The molecule has 5 rings (SSSR count). The van der Waals surface area contributed by atoms with Crippen molar-refractivity contribution in [2.45, 2.75) is 13.0 Å². The molecule has 12 heteroatoms. The van der Waals surface area contributed by atoms with E-state index in [2.05, 4.69) is 10.6 Å². The van der Waals surface area contributed by atoms with E-state index in [1.165, 1.54) is 25.3 Å². The Labute approximate surface area is 252 Å². The molecule has 2 N–H and O–H groups in total. The second-order valence-electron chi connectivity index (χ2n) is 9.47. The third-order valence-electron chi connectivity index (χ3n) is 6.77. The number of carbonyl (C=O) groups is 3. The van der Waals surface area contributed by atoms with Gasteiger partial charge in [0.2, 0.25) is 12.5 Å². The van der Waals surface area contributed by atoms with Crippen LogP contribution < -0.4 is 29.7 Å². The van der Waals surface area contributed by atoms with Gasteiger partial charge in [-0.05, 0) is 66.2 Å². The van der Waals surface area contributed by atoms with Crippen LogP contribution in [-0.4, -0.2) is 55.4 Å². The SMILES string of the molecule is COc1c(C=C2C(=O)NC(=O)N(c3ccc(Cl)cc3)C2=O)c(CCN(C)C(=S)NCc2ccccc2)cc2c1OCO2. The fourth-order valence-electron chi connectivity index (χ4n) is 4.57. The molecule has 0 unspecified atom stereocenters. The number of carbonyl (C=O) groups excluding carboxylic acids is 3. The molecule has 3 aromatic carbocycles. The first-order chi connectivity index (χ1) is 20.3. The highest BCUT2D eigenvalue weighted by Crippen LogP contribution is 2.46. The zero-order chi connectivity index (χ0) is 29.8. The van der Waals surface area contributed by atoms with Gasteiger partial charge in [-0.15, -0.1) is 0 Å². The largest absolute Gasteiger partial charge is 0.492 e. The molecule has 1 saturated heterocycles. The molecule has 4 amide bonds. The quantitative estimate of drug-likeness (QED) is 0.220. The maximum atomic E-state index is 13.5. The van der Waals surface area contributed by atoms with E-state index < -0.39 is 17.8 Å². The van der Waals surface area contributed by atoms with Gasteiger partial charge in [-0.1, -0.05) is 41.9 Å². The van der Waals surface area contributed by atoms with E-state index in [0.29, 0.717) is 52.5 Å². The van der Waals surface area contributed by atoms with Crippen molar-refractivity contribution >= 4 is 58.5 Å². The predicted octanol–water partition coefficient (Wildman–Crippen LogP) is 4.29. The molecule has 0 aliphatic carbocycles. The number of nitrogens with one attached hydrogen (secondary N) is 2. The number of rotatable bonds is 8. The van der Waals surface area contributed by atoms with E-state index in [0.717, 1.165) is 16.0 Å². The summed E-state index contributed by atoms with van der Waals surface area (Å²) in [6.07, 6.45) is 1.86. The summed E-state index contributed by atoms with van der Waals surface area (Å²) >= 11 is 11.6. The Morgan fingerprint density at radius 3 is 2.60 bits per heavy atom. The molecule has 2 heterocycles. The summed E-state index contributed by atoms with van der Waals surface area (Å²) in [5.74, 6) is -0.482. The number of likely N-dealkylation sites (N-methyl/N-ethyl adjacent to an activating group) is 1. The summed E-state index contributed by atoms with van der Waals surface area (Å²) in [7, 11) is 3.33. The third kappa shape index (κ3) is 6.02. The summed E-state index contributed by atoms with van der Waals surface area (Å²) in [6, 6.07) is 17.0. The molecule has 3 aromatic rings. The topological polar surface area (TPSA) is 109 Å². The van der Waals surface area contributed by atoms with Crippen molar-refractivity contribution < 1.29 is 28.6 Å². The zero-order valence-electron chi connectivity index (χ0n) is 22.8. The van der Waals surface area contributed by atoms with E-state index in [1.807, 2.05) is 42.3 Å². The minimum absolute atomic E-state index is 0.00316. The zero-order valence-corrected chi connectivity index (χ0v) is 24.4. The van der Waals surface area contributed by atoms with E-state index >= 15 is 0 Å². The van der Waals surface area contributed by atoms with Crippen molar-refractivity contribution in [1.29, 1.82) is 0 Å². The van der Waals surface area contributed by atoms with Crippen LogP contribution >= 0.6 is 23.8 Å². The van der Waals surface area contributed by atoms with Gasteiger partial charge in [0.05, 0.1) is 12.8 Å². The highest BCUT2D eigenvalue weighted by atomic mass is 35.5. The van der Waals surface area contributed by atoms with E-state index in [4.69, 9.17) is 38.0 Å². The van der Waals surface area contributed by atoms with Crippen LogP contribution in [-0.2, 0) is 22.6 Å². The number of halogens is 1. The first kappa shape index (κ1) is 28.9. The Kier molecular flexibility index (Phi) is 8.60. The summed E-state index contributed by atoms with van der Waals surface area (Å²) in [6.45, 7) is 1.07. The van der Waals surface area contributed by atoms with Gasteiger partial charge in [0.15, 0.2) is 16.6 Å². The number of methoxy groups -OCH3 is 1. The molecule has 0 radical (unpaired) electrons. The first-order valence-electron chi connectivity index (χ1n) is 13.0. The second-order valence-corrected chi connectivity index (χ2v) is 10.3. The fraction of sp³-hybridized carbons (Fsp3) is 0.200. The number of amides is 4. The van der Waals surface area contributed by atoms with Crippen molar-refractivity contribution in [3.8, 4) is 17.2 Å². The maximum absolute atomic E-state index is 13.5. The van der Waals surface area contributed by atoms with Gasteiger partial charge < -0.3 is 24.4 Å². The average Bonchev–Trinajstić information content (AvgIpc) is 3.46. The smallest absolute Gasteiger partial charge is 0.335 e. The number of hydrogen-bond donors (Lipinski definition) is 2. The van der Waals surface area contributed by atoms with Crippen LogP contribution in [0, 0.1) is 0 Å². The summed E-state index contributed by atoms with van der Waals surface area (Å²) in [5, 5.41) is 6.49. The van der Waals surface area contributed by atoms with Crippen molar-refractivity contribution in [1.82, 2.24) is 15.5 Å². The number of nitrogens with zero attached hydrogens (tertiary/aromatic N) is 2. The summed E-state index contributed by atoms with van der Waals surface area (Å²) in [5.41, 5.74) is 2.27. The molecule has 0 atom stereocenters. The molecule has 0 aromatic heterocycles. The number of hydrogen-bond acceptors (Lipinski definition) is 7. The lowest BCUT2D eigenvalue weighted by Crippen LogP contribution is -2.54. The fourth-order valence-corrected chi connectivity index (χ4v) is 4.86. The number of barbiturate groups is 1. The lowest BCUT2D eigenvalue weighted by Gasteiger charge is -2.27. The molecule has 0 saturated carbocycles. The Balaban J connectivity index is 1.44. The molecule has 1 fully saturated rings. The van der Waals surface area contributed by atoms with Gasteiger partial charge in [0.25, 0.3) is 11.8 Å². The van der Waals surface area contributed by atoms with Crippen LogP contribution in [0.2, 0.25) is 5.02 Å². The molecular weight excluding hydrogens is 580 g/mol. The Morgan fingerprint density at radius 2 is 1.88 bits per heavy atom. The van der Waals surface area contributed by atoms with Gasteiger partial charge in [0, 0.05) is 30.7 Å². The highest BCUT2D eigenvalue weighted by Gasteiger charge is 2.37. The Hall–Kier alpha value is -4.61. The van der Waals surface area contributed by atoms with Crippen LogP contribution in [0.25, 0.3) is 6.08 Å². The van der Waals surface area contributed by atoms with Crippen LogP contribution in [0.5, 0.6) is 17.2 Å². The van der Waals surface area contributed by atoms with Gasteiger partial charge >= 0.3 is 6.03 Å². The lowest BCUT2D eigenvalue weighted by atomic mass is 9.98. The van der Waals surface area contributed by atoms with Crippen LogP contribution in [0.1, 0.15) is 16.7 Å². The molecule has 2 aliphatic heterocycles. The van der Waals surface area contributed by atoms with E-state index in [1.54, 1.807) is 18.2 Å². The summed E-state index contributed by atoms with van der Waals surface area (Å²) < 4.78 is 16.9. The molecule has 42 heavy (non-hydrogen) atoms. The average molecular weight is 607 g/mol. The molecule has 0 spiro atoms. The number of fused-ring (bicyclic) bond motifs is 1. The number of urea groups is 1. The van der Waals surface area contributed by atoms with Gasteiger partial charge in [-0.3, -0.25) is 14.9 Å². The van der Waals surface area contributed by atoms with Gasteiger partial charge in [-0.2, -0.15) is 0 Å². The number of thiocarbonyl (C=S) groups is 1. The van der Waals surface area contributed by atoms with Crippen molar-refractivity contribution in [3.63, 3.8) is 0 Å². The molecule has 0 bridgehead atoms. The second kappa shape index (κ2) is 12.5. The van der Waals surface area contributed by atoms with E-state index in [-0.39, 0.29) is 18.1 Å². The van der Waals surface area contributed by atoms with Crippen LogP contribution in [0.3, 0.4) is 0 Å². The maximum Gasteiger partial charge on any atom is 0.335 e. The predicted molar refractivity (Wildman–Crippen MR) is 162 cm³/mol. The van der Waals surface area contributed by atoms with Crippen molar-refractivity contribution in [2.75, 3.05) is 32.4 Å². The Morgan fingerprint density at radius 1 is 1.14 bits per heavy atom. The van der Waals surface area contributed by atoms with Crippen molar-refractivity contribution in [2.24, 2.45) is 0 Å². The first-order valence-corrected chi connectivity index (χ1v) is 13.7. The van der Waals surface area contributed by atoms with Crippen LogP contribution in [0.4, 0.5) is 10.5 Å². The van der Waals surface area contributed by atoms with Gasteiger partial charge in [-0.25, -0.2) is 9.69 Å². The standard InChI is InChI=1S/C30H27ClN4O6S/c1-34(30(42)32-16-18-6-4-3-5-7-18)13-12-19-14-24-26(41-17-40-24)25(39-2)22(19)15-23-27(36)33-29(38)35(28(23)37)21-10-8-20(31)9-11-21/h3-11,14-15H,12-13,16-17H2,1-2H3,(H,32,42)(H,33,36,38). The van der Waals surface area contributed by atoms with Gasteiger partial charge in [0.1, 0.15) is 5.57 Å². The monoisotopic (exact) mass is 606 g/mol. The molecule has 10 nitrogen and oxygen atoms in total. The highest BCUT2D eigenvalue weighted by molar-refractivity contribution is 7.80. The number of imide groups is 2. The summed E-state index contributed by atoms with van der Waals surface area (Å²) in [4.78, 5) is 41.9. The van der Waals surface area contributed by atoms with Crippen LogP contribution in [0.15, 0.2) is 66.2 Å². The number of benzene rings is 3. The van der Waals surface area contributed by atoms with Crippen molar-refractivity contribution in [3.05, 3.63) is 87.9 Å². The minimum Gasteiger partial charge on any atom is -0.492 e. The minimum atomic E-state index is -0.861. The molecular formula is C30H27ClN4O6S. The Bertz CT molecular complexity index is 1580. The van der Waals surface area contributed by atoms with E-state index in [9.17, 15) is 14.4 Å². The normalized spacial score (nSPS) is 15.1.